The minimum absolute atomic E-state index is 0.0161. The fourth-order valence-electron chi connectivity index (χ4n) is 3.54. The Hall–Kier alpha value is -3.16. The molecule has 1 aliphatic rings. The summed E-state index contributed by atoms with van der Waals surface area (Å²) in [5.74, 6) is 0. The molecule has 0 radical (unpaired) electrons. The number of carbonyl (C=O) groups excluding carboxylic acids is 1. The SMILES string of the molecule is CC(C)(C)OC(=O)Nc1ccc(-c2ccc(-c3cc(=O)cc(N4CCOCC4)s3)cc2)cc1. The molecule has 1 saturated heterocycles. The first-order chi connectivity index (χ1) is 15.8. The monoisotopic (exact) mass is 464 g/mol. The van der Waals surface area contributed by atoms with Crippen LogP contribution in [0.2, 0.25) is 0 Å². The molecule has 172 valence electrons. The summed E-state index contributed by atoms with van der Waals surface area (Å²) in [6.45, 7) is 8.47. The van der Waals surface area contributed by atoms with Gasteiger partial charge in [0.1, 0.15) is 5.60 Å². The number of nitrogens with one attached hydrogen (secondary N) is 1. The molecule has 7 heteroatoms. The quantitative estimate of drug-likeness (QED) is 0.542. The van der Waals surface area contributed by atoms with Crippen LogP contribution in [0, 0.1) is 0 Å². The van der Waals surface area contributed by atoms with Gasteiger partial charge in [-0.1, -0.05) is 36.4 Å². The fourth-order valence-corrected chi connectivity index (χ4v) is 4.68. The second kappa shape index (κ2) is 9.77. The molecule has 4 rings (SSSR count). The maximum atomic E-state index is 12.3. The average Bonchev–Trinajstić information content (AvgIpc) is 2.79. The molecule has 1 amide bonds. The van der Waals surface area contributed by atoms with Crippen molar-refractivity contribution in [2.24, 2.45) is 0 Å². The van der Waals surface area contributed by atoms with Crippen molar-refractivity contribution in [3.63, 3.8) is 0 Å². The number of nitrogens with zero attached hydrogens (tertiary/aromatic N) is 1. The molecule has 0 atom stereocenters. The van der Waals surface area contributed by atoms with Crippen LogP contribution >= 0.6 is 11.3 Å². The van der Waals surface area contributed by atoms with Gasteiger partial charge in [0.15, 0.2) is 5.43 Å². The molecule has 0 saturated carbocycles. The number of benzene rings is 2. The third-order valence-corrected chi connectivity index (χ3v) is 6.27. The molecule has 2 heterocycles. The topological polar surface area (TPSA) is 67.9 Å². The number of carbonyl (C=O) groups is 1. The number of anilines is 2. The van der Waals surface area contributed by atoms with Crippen LogP contribution in [0.5, 0.6) is 0 Å². The lowest BCUT2D eigenvalue weighted by atomic mass is 10.0. The van der Waals surface area contributed by atoms with Crippen LogP contribution < -0.4 is 15.6 Å². The summed E-state index contributed by atoms with van der Waals surface area (Å²) in [7, 11) is 0. The zero-order valence-electron chi connectivity index (χ0n) is 19.1. The molecule has 1 aliphatic heterocycles. The van der Waals surface area contributed by atoms with E-state index in [4.69, 9.17) is 9.47 Å². The van der Waals surface area contributed by atoms with Gasteiger partial charge in [0.05, 0.1) is 18.2 Å². The highest BCUT2D eigenvalue weighted by molar-refractivity contribution is 7.19. The summed E-state index contributed by atoms with van der Waals surface area (Å²) in [4.78, 5) is 27.4. The van der Waals surface area contributed by atoms with E-state index in [-0.39, 0.29) is 5.43 Å². The van der Waals surface area contributed by atoms with E-state index < -0.39 is 11.7 Å². The average molecular weight is 465 g/mol. The third-order valence-electron chi connectivity index (χ3n) is 5.11. The fraction of sp³-hybridized carbons (Fsp3) is 0.308. The summed E-state index contributed by atoms with van der Waals surface area (Å²) < 4.78 is 10.7. The molecule has 3 aromatic rings. The molecular formula is C26H28N2O4S. The number of hydrogen-bond donors (Lipinski definition) is 1. The first-order valence-electron chi connectivity index (χ1n) is 11.0. The van der Waals surface area contributed by atoms with Crippen LogP contribution in [-0.2, 0) is 9.47 Å². The van der Waals surface area contributed by atoms with Gasteiger partial charge in [0, 0.05) is 35.8 Å². The molecule has 33 heavy (non-hydrogen) atoms. The highest BCUT2D eigenvalue weighted by Gasteiger charge is 2.16. The molecule has 1 N–H and O–H groups in total. The molecular weight excluding hydrogens is 436 g/mol. The van der Waals surface area contributed by atoms with Crippen molar-refractivity contribution in [3.8, 4) is 21.6 Å². The van der Waals surface area contributed by atoms with Crippen LogP contribution in [0.1, 0.15) is 20.8 Å². The van der Waals surface area contributed by atoms with Gasteiger partial charge in [0.25, 0.3) is 0 Å². The predicted molar refractivity (Wildman–Crippen MR) is 134 cm³/mol. The molecule has 1 fully saturated rings. The van der Waals surface area contributed by atoms with E-state index in [1.165, 1.54) is 0 Å². The second-order valence-corrected chi connectivity index (χ2v) is 9.94. The predicted octanol–water partition coefficient (Wildman–Crippen LogP) is 5.63. The summed E-state index contributed by atoms with van der Waals surface area (Å²) in [6.07, 6.45) is -0.474. The minimum atomic E-state index is -0.540. The largest absolute Gasteiger partial charge is 0.444 e. The Balaban J connectivity index is 1.48. The maximum Gasteiger partial charge on any atom is 0.412 e. The van der Waals surface area contributed by atoms with Gasteiger partial charge in [-0.2, -0.15) is 0 Å². The van der Waals surface area contributed by atoms with Crippen LogP contribution in [-0.4, -0.2) is 38.0 Å². The number of rotatable bonds is 4. The number of ether oxygens (including phenoxy) is 2. The third kappa shape index (κ3) is 6.21. The Morgan fingerprint density at radius 1 is 0.939 bits per heavy atom. The highest BCUT2D eigenvalue weighted by atomic mass is 32.1. The molecule has 0 bridgehead atoms. The smallest absolute Gasteiger partial charge is 0.412 e. The van der Waals surface area contributed by atoms with Crippen molar-refractivity contribution < 1.29 is 14.3 Å². The zero-order valence-corrected chi connectivity index (χ0v) is 19.9. The highest BCUT2D eigenvalue weighted by Crippen LogP contribution is 2.32. The van der Waals surface area contributed by atoms with Crippen molar-refractivity contribution in [3.05, 3.63) is 70.9 Å². The number of morpholine rings is 1. The van der Waals surface area contributed by atoms with Gasteiger partial charge in [-0.15, -0.1) is 11.3 Å². The van der Waals surface area contributed by atoms with Crippen LogP contribution in [0.4, 0.5) is 15.5 Å². The Kier molecular flexibility index (Phi) is 6.81. The van der Waals surface area contributed by atoms with Crippen molar-refractivity contribution in [2.75, 3.05) is 36.5 Å². The Bertz CT molecular complexity index is 1160. The summed E-state index contributed by atoms with van der Waals surface area (Å²) >= 11 is 1.63. The Morgan fingerprint density at radius 3 is 2.12 bits per heavy atom. The van der Waals surface area contributed by atoms with Crippen molar-refractivity contribution in [2.45, 2.75) is 26.4 Å². The Morgan fingerprint density at radius 2 is 1.52 bits per heavy atom. The van der Waals surface area contributed by atoms with Gasteiger partial charge < -0.3 is 14.4 Å². The van der Waals surface area contributed by atoms with Crippen molar-refractivity contribution in [1.82, 2.24) is 0 Å². The first-order valence-corrected chi connectivity index (χ1v) is 11.8. The molecule has 0 aliphatic carbocycles. The molecule has 6 nitrogen and oxygen atoms in total. The van der Waals surface area contributed by atoms with Gasteiger partial charge in [-0.05, 0) is 49.6 Å². The lowest BCUT2D eigenvalue weighted by Gasteiger charge is -2.28. The lowest BCUT2D eigenvalue weighted by molar-refractivity contribution is 0.0636. The van der Waals surface area contributed by atoms with Crippen molar-refractivity contribution in [1.29, 1.82) is 0 Å². The van der Waals surface area contributed by atoms with E-state index >= 15 is 0 Å². The molecule has 2 aromatic carbocycles. The van der Waals surface area contributed by atoms with Gasteiger partial charge in [-0.25, -0.2) is 4.79 Å². The molecule has 0 spiro atoms. The van der Waals surface area contributed by atoms with Gasteiger partial charge in [-0.3, -0.25) is 10.1 Å². The van der Waals surface area contributed by atoms with Gasteiger partial charge in [0.2, 0.25) is 0 Å². The van der Waals surface area contributed by atoms with E-state index in [1.807, 2.05) is 69.3 Å². The standard InChI is InChI=1S/C26H28N2O4S/c1-26(2,3)32-25(30)27-21-10-8-19(9-11-21)18-4-6-20(7-5-18)23-16-22(29)17-24(33-23)28-12-14-31-15-13-28/h4-11,16-17H,12-15H2,1-3H3,(H,27,30). The molecule has 1 aromatic heterocycles. The normalized spacial score (nSPS) is 14.1. The first kappa shape index (κ1) is 23.0. The summed E-state index contributed by atoms with van der Waals surface area (Å²) in [5.41, 5.74) is 3.25. The van der Waals surface area contributed by atoms with E-state index in [0.29, 0.717) is 18.9 Å². The van der Waals surface area contributed by atoms with Crippen LogP contribution in [0.3, 0.4) is 0 Å². The zero-order chi connectivity index (χ0) is 23.4. The minimum Gasteiger partial charge on any atom is -0.444 e. The van der Waals surface area contributed by atoms with E-state index in [9.17, 15) is 9.59 Å². The molecule has 0 unspecified atom stereocenters. The summed E-state index contributed by atoms with van der Waals surface area (Å²) in [6, 6.07) is 19.2. The van der Waals surface area contributed by atoms with Crippen molar-refractivity contribution >= 4 is 28.1 Å². The Labute approximate surface area is 197 Å². The van der Waals surface area contributed by atoms with Crippen LogP contribution in [0.15, 0.2) is 65.5 Å². The number of hydrogen-bond acceptors (Lipinski definition) is 6. The lowest BCUT2D eigenvalue weighted by Crippen LogP contribution is -2.36. The summed E-state index contributed by atoms with van der Waals surface area (Å²) in [5, 5.41) is 3.73. The van der Waals surface area contributed by atoms with E-state index in [2.05, 4.69) is 10.2 Å². The maximum absolute atomic E-state index is 12.3. The second-order valence-electron chi connectivity index (χ2n) is 8.88. The van der Waals surface area contributed by atoms with Crippen LogP contribution in [0.25, 0.3) is 21.6 Å². The number of amides is 1. The van der Waals surface area contributed by atoms with E-state index in [0.717, 1.165) is 39.7 Å². The van der Waals surface area contributed by atoms with Gasteiger partial charge >= 0.3 is 6.09 Å². The van der Waals surface area contributed by atoms with E-state index in [1.54, 1.807) is 23.5 Å².